The lowest BCUT2D eigenvalue weighted by atomic mass is 10.1. The summed E-state index contributed by atoms with van der Waals surface area (Å²) < 4.78 is 61.5. The molecule has 0 aliphatic heterocycles. The zero-order valence-corrected chi connectivity index (χ0v) is 11.5. The molecule has 0 bridgehead atoms. The maximum Gasteiger partial charge on any atom is 0.416 e. The van der Waals surface area contributed by atoms with Gasteiger partial charge in [-0.1, -0.05) is 18.7 Å². The van der Waals surface area contributed by atoms with Gasteiger partial charge in [0, 0.05) is 18.7 Å². The molecule has 0 saturated carbocycles. The van der Waals surface area contributed by atoms with Crippen molar-refractivity contribution in [3.8, 4) is 0 Å². The van der Waals surface area contributed by atoms with Gasteiger partial charge in [-0.2, -0.15) is 13.2 Å². The maximum atomic E-state index is 12.5. The Morgan fingerprint density at radius 1 is 1.27 bits per heavy atom. The third-order valence-corrected chi connectivity index (χ3v) is 2.66. The van der Waals surface area contributed by atoms with E-state index < -0.39 is 30.6 Å². The highest BCUT2D eigenvalue weighted by atomic mass is 19.4. The minimum atomic E-state index is -4.46. The van der Waals surface area contributed by atoms with Gasteiger partial charge in [0.15, 0.2) is 0 Å². The maximum absolute atomic E-state index is 12.5. The van der Waals surface area contributed by atoms with E-state index in [-0.39, 0.29) is 24.2 Å². The molecular weight excluding hydrogens is 307 g/mol. The summed E-state index contributed by atoms with van der Waals surface area (Å²) in [6, 6.07) is 3.80. The van der Waals surface area contributed by atoms with E-state index in [2.05, 4.69) is 17.2 Å². The van der Waals surface area contributed by atoms with Crippen LogP contribution in [0.5, 0.6) is 0 Å². The standard InChI is InChI=1S/C14H15F5N2O/c1-9(5-6-12(15)16)21-13(22)20-8-10-3-2-4-11(7-10)14(17,18)19/h2-4,7,12H,1,5-6,8H2,(H2,20,21,22). The van der Waals surface area contributed by atoms with Gasteiger partial charge in [-0.25, -0.2) is 13.6 Å². The topological polar surface area (TPSA) is 41.1 Å². The van der Waals surface area contributed by atoms with Crippen molar-refractivity contribution in [2.75, 3.05) is 0 Å². The number of nitrogens with one attached hydrogen (secondary N) is 2. The number of urea groups is 1. The first-order valence-corrected chi connectivity index (χ1v) is 6.35. The van der Waals surface area contributed by atoms with Gasteiger partial charge in [0.1, 0.15) is 0 Å². The van der Waals surface area contributed by atoms with Crippen LogP contribution in [-0.2, 0) is 12.7 Å². The molecule has 0 spiro atoms. The average molecular weight is 322 g/mol. The molecule has 0 unspecified atom stereocenters. The first-order chi connectivity index (χ1) is 10.2. The predicted octanol–water partition coefficient (Wildman–Crippen LogP) is 4.06. The molecule has 2 N–H and O–H groups in total. The highest BCUT2D eigenvalue weighted by Crippen LogP contribution is 2.29. The fraction of sp³-hybridized carbons (Fsp3) is 0.357. The van der Waals surface area contributed by atoms with Crippen LogP contribution < -0.4 is 10.6 Å². The highest BCUT2D eigenvalue weighted by Gasteiger charge is 2.30. The number of amides is 2. The van der Waals surface area contributed by atoms with E-state index in [4.69, 9.17) is 0 Å². The molecule has 3 nitrogen and oxygen atoms in total. The Kier molecular flexibility index (Phi) is 6.33. The lowest BCUT2D eigenvalue weighted by molar-refractivity contribution is -0.137. The van der Waals surface area contributed by atoms with Crippen LogP contribution in [-0.4, -0.2) is 12.5 Å². The van der Waals surface area contributed by atoms with Gasteiger partial charge in [0.05, 0.1) is 5.56 Å². The second-order valence-corrected chi connectivity index (χ2v) is 4.54. The van der Waals surface area contributed by atoms with E-state index in [1.807, 2.05) is 0 Å². The van der Waals surface area contributed by atoms with Crippen molar-refractivity contribution in [2.24, 2.45) is 0 Å². The van der Waals surface area contributed by atoms with Crippen molar-refractivity contribution >= 4 is 6.03 Å². The molecule has 1 aromatic carbocycles. The summed E-state index contributed by atoms with van der Waals surface area (Å²) in [4.78, 5) is 11.5. The number of hydrogen-bond acceptors (Lipinski definition) is 1. The van der Waals surface area contributed by atoms with Crippen molar-refractivity contribution in [3.63, 3.8) is 0 Å². The summed E-state index contributed by atoms with van der Waals surface area (Å²) in [5.41, 5.74) is -0.432. The molecule has 8 heteroatoms. The zero-order valence-electron chi connectivity index (χ0n) is 11.5. The van der Waals surface area contributed by atoms with Gasteiger partial charge in [-0.15, -0.1) is 0 Å². The first-order valence-electron chi connectivity index (χ1n) is 6.35. The third-order valence-electron chi connectivity index (χ3n) is 2.66. The number of hydrogen-bond donors (Lipinski definition) is 2. The van der Waals surface area contributed by atoms with E-state index in [1.54, 1.807) is 0 Å². The Hall–Kier alpha value is -2.12. The molecule has 0 aliphatic rings. The number of halogens is 5. The van der Waals surface area contributed by atoms with Gasteiger partial charge in [-0.3, -0.25) is 0 Å². The van der Waals surface area contributed by atoms with E-state index in [0.717, 1.165) is 12.1 Å². The molecule has 22 heavy (non-hydrogen) atoms. The number of benzene rings is 1. The normalized spacial score (nSPS) is 11.4. The van der Waals surface area contributed by atoms with Gasteiger partial charge >= 0.3 is 12.2 Å². The fourth-order valence-corrected chi connectivity index (χ4v) is 1.59. The predicted molar refractivity (Wildman–Crippen MR) is 71.2 cm³/mol. The Morgan fingerprint density at radius 2 is 1.95 bits per heavy atom. The molecule has 1 rings (SSSR count). The molecule has 0 atom stereocenters. The average Bonchev–Trinajstić information content (AvgIpc) is 2.42. The Balaban J connectivity index is 2.46. The minimum Gasteiger partial charge on any atom is -0.334 e. The van der Waals surface area contributed by atoms with Crippen LogP contribution in [0.25, 0.3) is 0 Å². The molecule has 0 fully saturated rings. The van der Waals surface area contributed by atoms with E-state index in [0.29, 0.717) is 0 Å². The molecule has 1 aromatic rings. The number of rotatable bonds is 6. The number of alkyl halides is 5. The van der Waals surface area contributed by atoms with Crippen LogP contribution in [0, 0.1) is 0 Å². The molecule has 0 aromatic heterocycles. The van der Waals surface area contributed by atoms with E-state index in [9.17, 15) is 26.7 Å². The largest absolute Gasteiger partial charge is 0.416 e. The van der Waals surface area contributed by atoms with Crippen LogP contribution in [0.3, 0.4) is 0 Å². The van der Waals surface area contributed by atoms with Crippen molar-refractivity contribution in [1.82, 2.24) is 10.6 Å². The number of allylic oxidation sites excluding steroid dienone is 1. The van der Waals surface area contributed by atoms with Crippen LogP contribution in [0.2, 0.25) is 0 Å². The quantitative estimate of drug-likeness (QED) is 0.762. The molecule has 0 aliphatic carbocycles. The number of carbonyl (C=O) groups is 1. The minimum absolute atomic E-state index is 0.0748. The van der Waals surface area contributed by atoms with Gasteiger partial charge < -0.3 is 10.6 Å². The van der Waals surface area contributed by atoms with Crippen molar-refractivity contribution < 1.29 is 26.7 Å². The summed E-state index contributed by atoms with van der Waals surface area (Å²) in [6.07, 6.45) is -7.45. The second kappa shape index (κ2) is 7.77. The Labute approximate surface area is 124 Å². The highest BCUT2D eigenvalue weighted by molar-refractivity contribution is 5.75. The molecular formula is C14H15F5N2O. The first kappa shape index (κ1) is 17.9. The van der Waals surface area contributed by atoms with Crippen LogP contribution in [0.15, 0.2) is 36.5 Å². The van der Waals surface area contributed by atoms with Crippen LogP contribution in [0.1, 0.15) is 24.0 Å². The smallest absolute Gasteiger partial charge is 0.334 e. The summed E-state index contributed by atoms with van der Waals surface area (Å²) in [5, 5.41) is 4.58. The molecule has 0 heterocycles. The van der Waals surface area contributed by atoms with Crippen LogP contribution >= 0.6 is 0 Å². The molecule has 2 amide bonds. The fourth-order valence-electron chi connectivity index (χ4n) is 1.59. The summed E-state index contributed by atoms with van der Waals surface area (Å²) in [5.74, 6) is 0. The van der Waals surface area contributed by atoms with Gasteiger partial charge in [0.25, 0.3) is 0 Å². The Bertz CT molecular complexity index is 528. The lowest BCUT2D eigenvalue weighted by Gasteiger charge is -2.11. The number of carbonyl (C=O) groups excluding carboxylic acids is 1. The summed E-state index contributed by atoms with van der Waals surface area (Å²) >= 11 is 0. The zero-order chi connectivity index (χ0) is 16.8. The lowest BCUT2D eigenvalue weighted by Crippen LogP contribution is -2.34. The second-order valence-electron chi connectivity index (χ2n) is 4.54. The third kappa shape index (κ3) is 6.55. The Morgan fingerprint density at radius 3 is 2.55 bits per heavy atom. The van der Waals surface area contributed by atoms with Crippen molar-refractivity contribution in [1.29, 1.82) is 0 Å². The molecule has 0 radical (unpaired) electrons. The summed E-state index contributed by atoms with van der Waals surface area (Å²) in [7, 11) is 0. The monoisotopic (exact) mass is 322 g/mol. The molecule has 122 valence electrons. The van der Waals surface area contributed by atoms with Crippen LogP contribution in [0.4, 0.5) is 26.7 Å². The van der Waals surface area contributed by atoms with E-state index in [1.165, 1.54) is 12.1 Å². The van der Waals surface area contributed by atoms with Gasteiger partial charge in [-0.05, 0) is 24.1 Å². The van der Waals surface area contributed by atoms with E-state index >= 15 is 0 Å². The SMILES string of the molecule is C=C(CCC(F)F)NC(=O)NCc1cccc(C(F)(F)F)c1. The van der Waals surface area contributed by atoms with Crippen molar-refractivity contribution in [2.45, 2.75) is 32.0 Å². The van der Waals surface area contributed by atoms with Crippen molar-refractivity contribution in [3.05, 3.63) is 47.7 Å². The van der Waals surface area contributed by atoms with Gasteiger partial charge in [0.2, 0.25) is 6.43 Å². The molecule has 0 saturated heterocycles. The summed E-state index contributed by atoms with van der Waals surface area (Å²) in [6.45, 7) is 3.29.